The van der Waals surface area contributed by atoms with Crippen molar-refractivity contribution >= 4 is 40.8 Å². The molecule has 0 aromatic heterocycles. The average molecular weight is 718 g/mol. The van der Waals surface area contributed by atoms with Crippen LogP contribution in [0.1, 0.15) is 84.1 Å². The molecule has 0 saturated heterocycles. The van der Waals surface area contributed by atoms with E-state index in [4.69, 9.17) is 0 Å². The molecule has 4 rings (SSSR count). The first-order valence-electron chi connectivity index (χ1n) is 16.7. The van der Waals surface area contributed by atoms with Gasteiger partial charge >= 0.3 is 0 Å². The molecule has 0 radical (unpaired) electrons. The summed E-state index contributed by atoms with van der Waals surface area (Å²) in [6, 6.07) is 1.32. The fraction of sp³-hybridized carbons (Fsp3) is 0.375. The molecule has 1 aromatic rings. The van der Waals surface area contributed by atoms with Crippen molar-refractivity contribution in [2.45, 2.75) is 72.7 Å². The second-order valence-electron chi connectivity index (χ2n) is 13.0. The maximum atomic E-state index is 13.9. The second kappa shape index (κ2) is 18.2. The summed E-state index contributed by atoms with van der Waals surface area (Å²) in [6.07, 6.45) is 14.1. The molecule has 4 bridgehead atoms. The molecule has 11 heteroatoms. The van der Waals surface area contributed by atoms with Gasteiger partial charge < -0.3 is 25.7 Å². The number of fused-ring (bicyclic) bond motifs is 18. The molecule has 2 heterocycles. The minimum absolute atomic E-state index is 0.0985. The van der Waals surface area contributed by atoms with Crippen LogP contribution in [0.25, 0.3) is 0 Å². The maximum Gasteiger partial charge on any atom is 0.248 e. The largest absolute Gasteiger partial charge is 0.507 e. The number of benzene rings is 1. The lowest BCUT2D eigenvalue weighted by Gasteiger charge is -2.24. The van der Waals surface area contributed by atoms with Gasteiger partial charge in [0.1, 0.15) is 11.4 Å². The smallest absolute Gasteiger partial charge is 0.248 e. The van der Waals surface area contributed by atoms with Gasteiger partial charge in [-0.1, -0.05) is 75.5 Å². The van der Waals surface area contributed by atoms with Gasteiger partial charge in [-0.2, -0.15) is 0 Å². The van der Waals surface area contributed by atoms with Crippen LogP contribution >= 0.6 is 11.8 Å². The minimum atomic E-state index is -0.992. The number of ketones is 4. The summed E-state index contributed by atoms with van der Waals surface area (Å²) in [5, 5.41) is 45.7. The van der Waals surface area contributed by atoms with Crippen LogP contribution in [-0.4, -0.2) is 74.0 Å². The second-order valence-corrected chi connectivity index (χ2v) is 13.9. The molecule has 0 unspecified atom stereocenters. The first-order chi connectivity index (χ1) is 24.0. The van der Waals surface area contributed by atoms with E-state index in [1.807, 2.05) is 0 Å². The fourth-order valence-corrected chi connectivity index (χ4v) is 6.34. The number of nitrogens with one attached hydrogen (secondary N) is 1. The molecule has 3 aliphatic rings. The van der Waals surface area contributed by atoms with E-state index in [-0.39, 0.29) is 63.0 Å². The number of phenols is 1. The summed E-state index contributed by atoms with van der Waals surface area (Å²) >= 11 is 0.921. The lowest BCUT2D eigenvalue weighted by molar-refractivity contribution is -0.118. The SMILES string of the molecule is CSC1=C2NC(=O)C=CC=CC=C[C@@H](C)[C@@H](O)CC(=O)C(C)=CC[C@@H](O)C=C[C@H](C)[C@H](O)[C@@H](C)C=C(C)C(=O)c3c(O)c(C)cc(c3C1=O)C2=O. The monoisotopic (exact) mass is 717 g/mol. The topological polar surface area (TPSA) is 178 Å². The van der Waals surface area contributed by atoms with Crippen LogP contribution in [0.3, 0.4) is 0 Å². The van der Waals surface area contributed by atoms with Crippen LogP contribution in [0.2, 0.25) is 0 Å². The zero-order valence-electron chi connectivity index (χ0n) is 30.0. The van der Waals surface area contributed by atoms with Gasteiger partial charge in [0.05, 0.1) is 28.8 Å². The third kappa shape index (κ3) is 10.1. The minimum Gasteiger partial charge on any atom is -0.507 e. The van der Waals surface area contributed by atoms with Crippen molar-refractivity contribution in [1.82, 2.24) is 5.32 Å². The van der Waals surface area contributed by atoms with Gasteiger partial charge in [0.15, 0.2) is 11.6 Å². The third-order valence-corrected chi connectivity index (χ3v) is 9.79. The fourth-order valence-electron chi connectivity index (χ4n) is 5.71. The predicted octanol–water partition coefficient (Wildman–Crippen LogP) is 5.42. The Kier molecular flexibility index (Phi) is 14.6. The van der Waals surface area contributed by atoms with Gasteiger partial charge in [-0.15, -0.1) is 11.8 Å². The number of allylic oxidation sites excluding steroid dienone is 8. The molecule has 6 atom stereocenters. The average Bonchev–Trinajstić information content (AvgIpc) is 3.09. The van der Waals surface area contributed by atoms with Crippen LogP contribution in [0.5, 0.6) is 5.75 Å². The number of aliphatic hydroxyl groups is 3. The summed E-state index contributed by atoms with van der Waals surface area (Å²) in [4.78, 5) is 67.0. The van der Waals surface area contributed by atoms with Gasteiger partial charge in [-0.05, 0) is 56.2 Å². The van der Waals surface area contributed by atoms with Crippen LogP contribution in [0.4, 0.5) is 0 Å². The molecule has 5 N–H and O–H groups in total. The molecule has 1 amide bonds. The van der Waals surface area contributed by atoms with E-state index in [9.17, 15) is 44.4 Å². The van der Waals surface area contributed by atoms with E-state index in [2.05, 4.69) is 5.32 Å². The third-order valence-electron chi connectivity index (χ3n) is 8.99. The van der Waals surface area contributed by atoms with E-state index >= 15 is 0 Å². The normalized spacial score (nSPS) is 26.4. The highest BCUT2D eigenvalue weighted by molar-refractivity contribution is 8.03. The molecule has 10 nitrogen and oxygen atoms in total. The number of hydrogen-bond acceptors (Lipinski definition) is 10. The van der Waals surface area contributed by atoms with E-state index in [0.29, 0.717) is 5.57 Å². The number of carbonyl (C=O) groups excluding carboxylic acids is 5. The molecule has 1 aromatic carbocycles. The Labute approximate surface area is 303 Å². The molecule has 1 aliphatic carbocycles. The van der Waals surface area contributed by atoms with Crippen LogP contribution in [0.15, 0.2) is 88.6 Å². The Bertz CT molecular complexity index is 1790. The summed E-state index contributed by atoms with van der Waals surface area (Å²) in [7, 11) is 0. The van der Waals surface area contributed by atoms with Gasteiger partial charge in [0, 0.05) is 41.4 Å². The molecule has 0 saturated carbocycles. The van der Waals surface area contributed by atoms with Crippen LogP contribution < -0.4 is 5.32 Å². The quantitative estimate of drug-likeness (QED) is 0.236. The zero-order chi connectivity index (χ0) is 38.2. The maximum absolute atomic E-state index is 13.9. The highest BCUT2D eigenvalue weighted by atomic mass is 32.2. The van der Waals surface area contributed by atoms with Crippen molar-refractivity contribution in [2.75, 3.05) is 6.26 Å². The predicted molar refractivity (Wildman–Crippen MR) is 198 cm³/mol. The molecular formula is C40H47NO9S. The van der Waals surface area contributed by atoms with Crippen LogP contribution in [-0.2, 0) is 9.59 Å². The van der Waals surface area contributed by atoms with Crippen molar-refractivity contribution < 1.29 is 44.4 Å². The van der Waals surface area contributed by atoms with Crippen molar-refractivity contribution in [3.63, 3.8) is 0 Å². The van der Waals surface area contributed by atoms with Crippen molar-refractivity contribution in [3.05, 3.63) is 111 Å². The van der Waals surface area contributed by atoms with Gasteiger partial charge in [-0.3, -0.25) is 24.0 Å². The summed E-state index contributed by atoms with van der Waals surface area (Å²) in [5.41, 5.74) is -0.271. The van der Waals surface area contributed by atoms with E-state index in [1.54, 1.807) is 70.4 Å². The van der Waals surface area contributed by atoms with Gasteiger partial charge in [-0.25, -0.2) is 0 Å². The Morgan fingerprint density at radius 1 is 0.765 bits per heavy atom. The standard InChI is InChI=1S/C40H47NO9S/c1-21-12-10-8-9-11-13-31(45)41-34-38(49)28-19-26(6)37(48)33(32(28)39(50)40(34)51-7)36(47)25(5)18-24(4)35(46)23(3)15-17-27(42)16-14-22(2)30(44)20-29(21)43/h8-15,17-19,21,23-24,27,29,35,42-43,46,48H,16,20H2,1-7H3,(H,41,45)/t21-,23+,24+,27-,29+,35+/m1/s1. The molecule has 51 heavy (non-hydrogen) atoms. The number of rotatable bonds is 1. The molecule has 0 spiro atoms. The number of aryl methyl sites for hydroxylation is 1. The molecular weight excluding hydrogens is 671 g/mol. The van der Waals surface area contributed by atoms with Crippen LogP contribution in [0, 0.1) is 24.7 Å². The van der Waals surface area contributed by atoms with Gasteiger partial charge in [0.25, 0.3) is 0 Å². The number of aromatic hydroxyl groups is 1. The lowest BCUT2D eigenvalue weighted by atomic mass is 9.83. The van der Waals surface area contributed by atoms with E-state index in [1.165, 1.54) is 44.2 Å². The van der Waals surface area contributed by atoms with Gasteiger partial charge in [0.2, 0.25) is 17.5 Å². The number of aliphatic hydroxyl groups excluding tert-OH is 3. The number of thioether (sulfide) groups is 1. The number of phenolic OH excluding ortho intramolecular Hbond substituents is 1. The molecule has 0 fully saturated rings. The first-order valence-corrected chi connectivity index (χ1v) is 17.9. The zero-order valence-corrected chi connectivity index (χ0v) is 30.8. The molecule has 272 valence electrons. The first kappa shape index (κ1) is 41.0. The highest BCUT2D eigenvalue weighted by Crippen LogP contribution is 2.39. The summed E-state index contributed by atoms with van der Waals surface area (Å²) < 4.78 is 0. The van der Waals surface area contributed by atoms with Crippen molar-refractivity contribution in [2.24, 2.45) is 17.8 Å². The lowest BCUT2D eigenvalue weighted by Crippen LogP contribution is -2.33. The van der Waals surface area contributed by atoms with Crippen molar-refractivity contribution in [3.8, 4) is 5.75 Å². The Morgan fingerprint density at radius 3 is 2.10 bits per heavy atom. The van der Waals surface area contributed by atoms with E-state index < -0.39 is 59.2 Å². The Morgan fingerprint density at radius 2 is 1.43 bits per heavy atom. The summed E-state index contributed by atoms with van der Waals surface area (Å²) in [5.74, 6) is -4.91. The number of hydrogen-bond donors (Lipinski definition) is 5. The Balaban J connectivity index is 2.08. The van der Waals surface area contributed by atoms with E-state index in [0.717, 1.165) is 11.8 Å². The number of carbonyl (C=O) groups is 5. The molecule has 2 aliphatic heterocycles. The summed E-state index contributed by atoms with van der Waals surface area (Å²) in [6.45, 7) is 9.80. The van der Waals surface area contributed by atoms with Crippen molar-refractivity contribution in [1.29, 1.82) is 0 Å². The Hall–Kier alpha value is -4.42. The number of Topliss-reactive ketones (excluding diaryl/α,β-unsaturated/α-hetero) is 4. The highest BCUT2D eigenvalue weighted by Gasteiger charge is 2.38. The number of amides is 1.